The lowest BCUT2D eigenvalue weighted by Crippen LogP contribution is -2.06. The molecule has 0 atom stereocenters. The number of hydrogen-bond donors (Lipinski definition) is 6. The van der Waals surface area contributed by atoms with E-state index in [4.69, 9.17) is 23.2 Å². The Morgan fingerprint density at radius 3 is 1.22 bits per heavy atom. The summed E-state index contributed by atoms with van der Waals surface area (Å²) in [5.74, 6) is 0.184. The number of halogens is 2. The van der Waals surface area contributed by atoms with Gasteiger partial charge in [-0.3, -0.25) is 9.11 Å². The molecule has 54 heavy (non-hydrogen) atoms. The van der Waals surface area contributed by atoms with Crippen LogP contribution in [0.5, 0.6) is 0 Å². The van der Waals surface area contributed by atoms with Gasteiger partial charge in [0.25, 0.3) is 20.2 Å². The van der Waals surface area contributed by atoms with Crippen LogP contribution in [0.3, 0.4) is 0 Å². The van der Waals surface area contributed by atoms with Crippen molar-refractivity contribution in [1.29, 1.82) is 0 Å². The summed E-state index contributed by atoms with van der Waals surface area (Å²) in [5, 5.41) is 11.5. The van der Waals surface area contributed by atoms with Crippen molar-refractivity contribution in [3.05, 3.63) is 118 Å². The molecular weight excluding hydrogens is 779 g/mol. The number of nitrogens with one attached hydrogen (secondary N) is 4. The van der Waals surface area contributed by atoms with Crippen LogP contribution >= 0.6 is 23.2 Å². The minimum Gasteiger partial charge on any atom is -0.324 e. The van der Waals surface area contributed by atoms with Crippen molar-refractivity contribution in [3.63, 3.8) is 0 Å². The highest BCUT2D eigenvalue weighted by atomic mass is 35.5. The molecule has 276 valence electrons. The number of benzene rings is 4. The normalized spacial score (nSPS) is 11.7. The molecule has 0 spiro atoms. The molecule has 4 aromatic carbocycles. The van der Waals surface area contributed by atoms with Crippen LogP contribution in [0.2, 0.25) is 10.6 Å². The maximum Gasteiger partial charge on any atom is 0.295 e. The molecule has 0 fully saturated rings. The summed E-state index contributed by atoms with van der Waals surface area (Å²) < 4.78 is 70.1. The van der Waals surface area contributed by atoms with E-state index in [1.165, 1.54) is 36.4 Å². The van der Waals surface area contributed by atoms with Gasteiger partial charge in [0.2, 0.25) is 34.4 Å². The molecule has 0 aliphatic carbocycles. The third kappa shape index (κ3) is 9.61. The van der Waals surface area contributed by atoms with Crippen molar-refractivity contribution in [3.8, 4) is 0 Å². The molecule has 0 bridgehead atoms. The number of rotatable bonds is 12. The van der Waals surface area contributed by atoms with Crippen molar-refractivity contribution < 1.29 is 25.9 Å². The number of hydrogen-bond acceptors (Lipinski definition) is 14. The first kappa shape index (κ1) is 38.0. The lowest BCUT2D eigenvalue weighted by Gasteiger charge is -2.12. The summed E-state index contributed by atoms with van der Waals surface area (Å²) in [4.78, 5) is 23.7. The number of aromatic nitrogens is 6. The molecule has 2 aromatic heterocycles. The van der Waals surface area contributed by atoms with E-state index in [0.29, 0.717) is 0 Å². The van der Waals surface area contributed by atoms with Gasteiger partial charge in [0.1, 0.15) is 9.79 Å². The summed E-state index contributed by atoms with van der Waals surface area (Å²) in [7, 11) is -9.64. The Morgan fingerprint density at radius 2 is 0.870 bits per heavy atom. The Morgan fingerprint density at radius 1 is 0.519 bits per heavy atom. The predicted molar refractivity (Wildman–Crippen MR) is 207 cm³/mol. The molecule has 6 rings (SSSR count). The summed E-state index contributed by atoms with van der Waals surface area (Å²) in [6.45, 7) is 3.79. The SMILES string of the molecule is Cc1ccccc1Nc1nc(Cl)nc(Nc2ccc(/C=C/c3ccc(Nc4nc(Cl)nc(Nc5ccccc5C)n4)cc3S(=O)(=O)O)c(S(=O)(=O)O)c2)n1. The third-order valence-corrected chi connectivity index (χ3v) is 9.69. The van der Waals surface area contributed by atoms with E-state index < -0.39 is 30.0 Å². The lowest BCUT2D eigenvalue weighted by molar-refractivity contribution is 0.480. The quantitative estimate of drug-likeness (QED) is 0.0515. The Balaban J connectivity index is 1.25. The average Bonchev–Trinajstić information content (AvgIpc) is 3.09. The second-order valence-corrected chi connectivity index (χ2v) is 14.9. The zero-order chi connectivity index (χ0) is 38.6. The van der Waals surface area contributed by atoms with Crippen LogP contribution in [-0.2, 0) is 20.2 Å². The monoisotopic (exact) mass is 806 g/mol. The van der Waals surface area contributed by atoms with Gasteiger partial charge >= 0.3 is 0 Å². The van der Waals surface area contributed by atoms with Crippen LogP contribution in [0.25, 0.3) is 12.2 Å². The van der Waals surface area contributed by atoms with Gasteiger partial charge in [-0.15, -0.1) is 0 Å². The Labute approximate surface area is 319 Å². The van der Waals surface area contributed by atoms with Crippen molar-refractivity contribution in [1.82, 2.24) is 29.9 Å². The first-order valence-electron chi connectivity index (χ1n) is 15.5. The largest absolute Gasteiger partial charge is 0.324 e. The van der Waals surface area contributed by atoms with Crippen LogP contribution in [0.1, 0.15) is 22.3 Å². The van der Waals surface area contributed by atoms with Crippen molar-refractivity contribution in [2.24, 2.45) is 0 Å². The zero-order valence-corrected chi connectivity index (χ0v) is 31.2. The molecule has 0 aliphatic heterocycles. The van der Waals surface area contributed by atoms with Crippen LogP contribution < -0.4 is 21.3 Å². The first-order chi connectivity index (χ1) is 25.6. The Bertz CT molecular complexity index is 2470. The molecule has 0 unspecified atom stereocenters. The molecule has 20 heteroatoms. The standard InChI is InChI=1S/C34H28Cl2N10O6S2/c1-19-7-3-5-9-25(19)39-33-43-29(35)41-31(45-33)37-23-15-13-21(27(17-23)53(47,48)49)11-12-22-14-16-24(18-28(22)54(50,51)52)38-32-42-30(36)44-34(46-32)40-26-10-6-4-8-20(26)2/h3-18H,1-2H3,(H,47,48,49)(H,50,51,52)(H2,37,39,41,43,45)(H2,38,40,42,44,46)/b12-11+. The van der Waals surface area contributed by atoms with Crippen LogP contribution in [-0.4, -0.2) is 55.8 Å². The predicted octanol–water partition coefficient (Wildman–Crippen LogP) is 7.62. The fourth-order valence-corrected chi connectivity index (χ4v) is 6.72. The van der Waals surface area contributed by atoms with Crippen molar-refractivity contribution in [2.75, 3.05) is 21.3 Å². The third-order valence-electron chi connectivity index (χ3n) is 7.54. The fraction of sp³-hybridized carbons (Fsp3) is 0.0588. The summed E-state index contributed by atoms with van der Waals surface area (Å²) in [5.41, 5.74) is 3.59. The molecule has 0 radical (unpaired) electrons. The molecule has 0 aliphatic rings. The molecule has 6 N–H and O–H groups in total. The van der Waals surface area contributed by atoms with E-state index in [1.807, 2.05) is 62.4 Å². The van der Waals surface area contributed by atoms with Gasteiger partial charge in [-0.05, 0) is 95.7 Å². The van der Waals surface area contributed by atoms with Crippen LogP contribution in [0.15, 0.2) is 94.7 Å². The topological polar surface area (TPSA) is 234 Å². The molecule has 0 amide bonds. The molecular formula is C34H28Cl2N10O6S2. The van der Waals surface area contributed by atoms with E-state index >= 15 is 0 Å². The summed E-state index contributed by atoms with van der Waals surface area (Å²) in [6.07, 6.45) is 2.51. The van der Waals surface area contributed by atoms with Gasteiger partial charge in [0.15, 0.2) is 0 Å². The fourth-order valence-electron chi connectivity index (χ4n) is 4.98. The van der Waals surface area contributed by atoms with Crippen molar-refractivity contribution >= 4 is 102 Å². The Kier molecular flexibility index (Phi) is 11.0. The van der Waals surface area contributed by atoms with E-state index in [-0.39, 0.29) is 56.9 Å². The highest BCUT2D eigenvalue weighted by molar-refractivity contribution is 7.86. The Hall–Kier alpha value is -5.76. The lowest BCUT2D eigenvalue weighted by atomic mass is 10.1. The summed E-state index contributed by atoms with van der Waals surface area (Å²) >= 11 is 12.2. The minimum absolute atomic E-state index is 0.0179. The molecule has 6 aromatic rings. The second kappa shape index (κ2) is 15.7. The zero-order valence-electron chi connectivity index (χ0n) is 28.0. The van der Waals surface area contributed by atoms with Gasteiger partial charge in [-0.1, -0.05) is 60.7 Å². The van der Waals surface area contributed by atoms with Gasteiger partial charge in [0, 0.05) is 22.7 Å². The van der Waals surface area contributed by atoms with Gasteiger partial charge in [-0.25, -0.2) is 0 Å². The highest BCUT2D eigenvalue weighted by Crippen LogP contribution is 2.29. The van der Waals surface area contributed by atoms with E-state index in [9.17, 15) is 25.9 Å². The number of anilines is 8. The van der Waals surface area contributed by atoms with Crippen LogP contribution in [0, 0.1) is 13.8 Å². The van der Waals surface area contributed by atoms with Gasteiger partial charge in [0.05, 0.1) is 0 Å². The molecule has 0 saturated heterocycles. The highest BCUT2D eigenvalue weighted by Gasteiger charge is 2.19. The van der Waals surface area contributed by atoms with E-state index in [2.05, 4.69) is 51.2 Å². The maximum absolute atomic E-state index is 12.5. The first-order valence-corrected chi connectivity index (χ1v) is 19.2. The second-order valence-electron chi connectivity index (χ2n) is 11.4. The smallest absolute Gasteiger partial charge is 0.295 e. The van der Waals surface area contributed by atoms with Crippen molar-refractivity contribution in [2.45, 2.75) is 23.6 Å². The average molecular weight is 808 g/mol. The number of nitrogens with zero attached hydrogens (tertiary/aromatic N) is 6. The number of para-hydroxylation sites is 2. The van der Waals surface area contributed by atoms with Gasteiger partial charge in [-0.2, -0.15) is 46.7 Å². The van der Waals surface area contributed by atoms with E-state index in [1.54, 1.807) is 0 Å². The molecule has 0 saturated carbocycles. The van der Waals surface area contributed by atoms with E-state index in [0.717, 1.165) is 34.6 Å². The summed E-state index contributed by atoms with van der Waals surface area (Å²) in [6, 6.07) is 22.7. The van der Waals surface area contributed by atoms with Gasteiger partial charge < -0.3 is 21.3 Å². The molecule has 2 heterocycles. The maximum atomic E-state index is 12.5. The minimum atomic E-state index is -4.82. The van der Waals surface area contributed by atoms with Crippen LogP contribution in [0.4, 0.5) is 46.5 Å². The number of aryl methyl sites for hydroxylation is 2. The molecule has 16 nitrogen and oxygen atoms in total.